The molecular weight excluding hydrogens is 1340 g/mol. The molecule has 2 rings (SSSR count). The van der Waals surface area contributed by atoms with Gasteiger partial charge in [-0.25, -0.2) is 0 Å². The summed E-state index contributed by atoms with van der Waals surface area (Å²) in [6.07, 6.45) is -33.6. The first-order valence-corrected chi connectivity index (χ1v) is 18.9. The number of rotatable bonds is 22. The lowest BCUT2D eigenvalue weighted by atomic mass is 9.85. The normalized spacial score (nSPS) is 17.4. The molecule has 0 aliphatic rings. The lowest BCUT2D eigenvalue weighted by Crippen LogP contribution is -2.79. The van der Waals surface area contributed by atoms with Crippen LogP contribution in [0.3, 0.4) is 0 Å². The molecule has 49 heteroatoms. The molecule has 0 radical (unpaired) electrons. The van der Waals surface area contributed by atoms with Crippen LogP contribution in [-0.4, -0.2) is 137 Å². The molecule has 0 saturated heterocycles. The first kappa shape index (κ1) is 74.6. The number of carbonyl (C=O) groups is 1. The number of carbonyl (C=O) groups excluding carboxylic acids is 1. The van der Waals surface area contributed by atoms with Gasteiger partial charge in [-0.2, -0.15) is 202 Å². The summed E-state index contributed by atoms with van der Waals surface area (Å²) in [5.74, 6) is -177. The summed E-state index contributed by atoms with van der Waals surface area (Å²) in [5.41, 5.74) is -3.39. The van der Waals surface area contributed by atoms with Crippen LogP contribution >= 0.6 is 0 Å². The smallest absolute Gasteiger partial charge is 0.447 e. The van der Waals surface area contributed by atoms with E-state index in [0.29, 0.717) is 0 Å². The maximum Gasteiger partial charge on any atom is 0.461 e. The first-order chi connectivity index (χ1) is 36.0. The first-order valence-electron chi connectivity index (χ1n) is 18.9. The van der Waals surface area contributed by atoms with Gasteiger partial charge in [0, 0.05) is 11.1 Å². The highest BCUT2D eigenvalue weighted by atomic mass is 19.5. The maximum absolute atomic E-state index is 15.5. The molecule has 0 N–H and O–H groups in total. The molecule has 0 saturated carbocycles. The molecule has 2 atom stereocenters. The Morgan fingerprint density at radius 3 is 0.500 bits per heavy atom. The Hall–Kier alpha value is -5.51. The molecule has 3 nitrogen and oxygen atoms in total. The van der Waals surface area contributed by atoms with Crippen molar-refractivity contribution in [2.45, 2.75) is 131 Å². The molecule has 84 heavy (non-hydrogen) atoms. The third-order valence-electron chi connectivity index (χ3n) is 10.5. The van der Waals surface area contributed by atoms with E-state index in [1.165, 1.54) is 0 Å². The summed E-state index contributed by atoms with van der Waals surface area (Å²) in [7, 11) is 0. The summed E-state index contributed by atoms with van der Waals surface area (Å²) in [4.78, 5) is 12.8. The molecule has 0 fully saturated rings. The van der Waals surface area contributed by atoms with E-state index in [2.05, 4.69) is 9.47 Å². The van der Waals surface area contributed by atoms with E-state index in [4.69, 9.17) is 0 Å². The SMILES string of the molecule is O=C(c1ccc(OC(F)(C(F)(F)C(F)(F)F)C(F)(F)C(F)(F)C(F)(F)C(F)(F)C(F)(F)C(F)(F)C(F)(F)C(F)(F)F)cc1)c1ccc(OC(F)(C(F)(F)C(F)(F)F)C(F)(F)C(F)(F)C(F)(F)C(F)(F)C(F)(F)C(F)(F)C(F)(F)C(F)(F)F)cc1. The van der Waals surface area contributed by atoms with Crippen LogP contribution in [0.2, 0.25) is 0 Å². The number of benzene rings is 2. The van der Waals surface area contributed by atoms with Crippen LogP contribution in [0.1, 0.15) is 15.9 Å². The fraction of sp³-hybridized carbons (Fsp3) is 0.629. The molecule has 0 aliphatic carbocycles. The van der Waals surface area contributed by atoms with Gasteiger partial charge >= 0.3 is 131 Å². The van der Waals surface area contributed by atoms with E-state index in [1.54, 1.807) is 0 Å². The summed E-state index contributed by atoms with van der Waals surface area (Å²) in [6.45, 7) is 0. The van der Waals surface area contributed by atoms with Crippen molar-refractivity contribution in [1.82, 2.24) is 0 Å². The van der Waals surface area contributed by atoms with Crippen molar-refractivity contribution >= 4 is 5.78 Å². The number of halogens is 46. The predicted octanol–water partition coefficient (Wildman–Crippen LogP) is 17.4. The summed E-state index contributed by atoms with van der Waals surface area (Å²) in [5, 5.41) is 0. The fourth-order valence-electron chi connectivity index (χ4n) is 5.59. The van der Waals surface area contributed by atoms with Gasteiger partial charge in [0.15, 0.2) is 5.78 Å². The standard InChI is InChI=1S/C35H8F46O3/c36-14(37,18(44,45)22(52,53)26(60,61)32(70,71)72)16(40,41)20(48,49)24(56,57)30(68,28(64,65)34(76,77)78)83-11-5-1-9(2-6-11)13(82)10-3-7-12(8-4-10)84-31(69,29(66,67)35(79,80)81)25(58,59)21(50,51)17(42,43)15(38,39)19(46,47)23(54,55)27(62,63)33(73,74)75/h1-8H. The highest BCUT2D eigenvalue weighted by Crippen LogP contribution is 2.70. The van der Waals surface area contributed by atoms with Gasteiger partial charge in [0.1, 0.15) is 11.5 Å². The number of ketones is 1. The minimum atomic E-state index is -9.82. The van der Waals surface area contributed by atoms with E-state index in [9.17, 15) is 198 Å². The molecule has 0 amide bonds. The number of hydrogen-bond donors (Lipinski definition) is 0. The zero-order chi connectivity index (χ0) is 68.0. The maximum atomic E-state index is 15.5. The van der Waals surface area contributed by atoms with Crippen molar-refractivity contribution in [3.05, 3.63) is 59.7 Å². The van der Waals surface area contributed by atoms with Crippen LogP contribution in [0.15, 0.2) is 48.5 Å². The van der Waals surface area contributed by atoms with Crippen molar-refractivity contribution in [2.75, 3.05) is 0 Å². The van der Waals surface area contributed by atoms with E-state index in [-0.39, 0.29) is 0 Å². The van der Waals surface area contributed by atoms with E-state index >= 15 is 8.78 Å². The number of ether oxygens (including phenoxy) is 2. The number of hydrogen-bond acceptors (Lipinski definition) is 3. The third kappa shape index (κ3) is 9.65. The molecule has 2 aromatic carbocycles. The molecule has 0 aliphatic heterocycles. The number of alkyl halides is 46. The highest BCUT2D eigenvalue weighted by Gasteiger charge is 3.01. The minimum absolute atomic E-state index is 0.574. The zero-order valence-electron chi connectivity index (χ0n) is 36.7. The van der Waals surface area contributed by atoms with Gasteiger partial charge in [0.05, 0.1) is 0 Å². The zero-order valence-corrected chi connectivity index (χ0v) is 36.7. The Kier molecular flexibility index (Phi) is 17.5. The highest BCUT2D eigenvalue weighted by molar-refractivity contribution is 6.09. The predicted molar refractivity (Wildman–Crippen MR) is 169 cm³/mol. The average molecular weight is 1350 g/mol. The van der Waals surface area contributed by atoms with Crippen LogP contribution < -0.4 is 9.47 Å². The van der Waals surface area contributed by atoms with Crippen molar-refractivity contribution in [3.63, 3.8) is 0 Å². The lowest BCUT2D eigenvalue weighted by molar-refractivity contribution is -0.486. The van der Waals surface area contributed by atoms with E-state index < -0.39 is 208 Å². The second-order valence-electron chi connectivity index (χ2n) is 16.0. The second-order valence-corrected chi connectivity index (χ2v) is 16.0. The largest absolute Gasteiger partial charge is 0.461 e. The summed E-state index contributed by atoms with van der Waals surface area (Å²) >= 11 is 0. The van der Waals surface area contributed by atoms with Crippen LogP contribution in [0.5, 0.6) is 11.5 Å². The Morgan fingerprint density at radius 2 is 0.345 bits per heavy atom. The molecule has 2 aromatic rings. The average Bonchev–Trinajstić information content (AvgIpc) is 3.29. The van der Waals surface area contributed by atoms with Gasteiger partial charge in [-0.1, -0.05) is 0 Å². The van der Waals surface area contributed by atoms with E-state index in [1.807, 2.05) is 0 Å². The lowest BCUT2D eigenvalue weighted by Gasteiger charge is -2.46. The molecule has 0 bridgehead atoms. The fourth-order valence-corrected chi connectivity index (χ4v) is 5.59. The monoisotopic (exact) mass is 1350 g/mol. The summed E-state index contributed by atoms with van der Waals surface area (Å²) < 4.78 is 641. The van der Waals surface area contributed by atoms with Crippen molar-refractivity contribution in [3.8, 4) is 11.5 Å². The molecule has 2 unspecified atom stereocenters. The Bertz CT molecular complexity index is 2500. The Labute approximate surface area is 425 Å². The van der Waals surface area contributed by atoms with Gasteiger partial charge in [-0.05, 0) is 48.5 Å². The van der Waals surface area contributed by atoms with Crippen LogP contribution in [0, 0.1) is 0 Å². The Morgan fingerprint density at radius 1 is 0.202 bits per heavy atom. The minimum Gasteiger partial charge on any atom is -0.447 e. The quantitative estimate of drug-likeness (QED) is 0.0871. The summed E-state index contributed by atoms with van der Waals surface area (Å²) in [6, 6.07) is -5.97. The van der Waals surface area contributed by atoms with Crippen LogP contribution in [0.4, 0.5) is 202 Å². The molecule has 0 spiro atoms. The van der Waals surface area contributed by atoms with Crippen molar-refractivity contribution < 1.29 is 216 Å². The van der Waals surface area contributed by atoms with Gasteiger partial charge in [0.25, 0.3) is 0 Å². The van der Waals surface area contributed by atoms with Crippen molar-refractivity contribution in [2.24, 2.45) is 0 Å². The van der Waals surface area contributed by atoms with Gasteiger partial charge in [0.2, 0.25) is 0 Å². The molecular formula is C35H8F46O3. The van der Waals surface area contributed by atoms with Crippen molar-refractivity contribution in [1.29, 1.82) is 0 Å². The second kappa shape index (κ2) is 19.8. The third-order valence-corrected chi connectivity index (χ3v) is 10.5. The topological polar surface area (TPSA) is 35.5 Å². The van der Waals surface area contributed by atoms with Gasteiger partial charge < -0.3 is 9.47 Å². The molecule has 0 aromatic heterocycles. The van der Waals surface area contributed by atoms with E-state index in [0.717, 1.165) is 0 Å². The molecule has 488 valence electrons. The Balaban J connectivity index is 2.83. The van der Waals surface area contributed by atoms with Crippen LogP contribution in [-0.2, 0) is 0 Å². The van der Waals surface area contributed by atoms with Gasteiger partial charge in [-0.3, -0.25) is 4.79 Å². The molecule has 0 heterocycles. The van der Waals surface area contributed by atoms with Gasteiger partial charge in [-0.15, -0.1) is 0 Å². The van der Waals surface area contributed by atoms with Crippen LogP contribution in [0.25, 0.3) is 0 Å².